The number of imide groups is 1. The number of hydrogen-bond acceptors (Lipinski definition) is 6. The van der Waals surface area contributed by atoms with Crippen LogP contribution in [0.15, 0.2) is 0 Å². The smallest absolute Gasteiger partial charge is 0.321 e. The van der Waals surface area contributed by atoms with E-state index in [9.17, 15) is 18.0 Å². The minimum Gasteiger partial charge on any atom is -0.358 e. The zero-order valence-corrected chi connectivity index (χ0v) is 15.1. The standard InChI is InChI=1S/C12H21N3O4S3/c1-3-15(4-2)12(20)21-7-10(16)14-11(17)13-9-5-6-22(18,19)8-9/h9H,3-8H2,1-2H3,(H2,13,14,16,17). The fraction of sp³-hybridized carbons (Fsp3) is 0.750. The molecule has 0 aromatic carbocycles. The van der Waals surface area contributed by atoms with Gasteiger partial charge in [-0.2, -0.15) is 0 Å². The number of carbonyl (C=O) groups excluding carboxylic acids is 2. The molecule has 1 fully saturated rings. The maximum Gasteiger partial charge on any atom is 0.321 e. The molecule has 22 heavy (non-hydrogen) atoms. The van der Waals surface area contributed by atoms with Gasteiger partial charge in [0.1, 0.15) is 4.32 Å². The van der Waals surface area contributed by atoms with Gasteiger partial charge in [0.05, 0.1) is 17.3 Å². The fourth-order valence-corrected chi connectivity index (χ4v) is 4.87. The Balaban J connectivity index is 2.30. The Morgan fingerprint density at radius 2 is 1.95 bits per heavy atom. The van der Waals surface area contributed by atoms with Crippen LogP contribution in [0.25, 0.3) is 0 Å². The van der Waals surface area contributed by atoms with Crippen molar-refractivity contribution in [3.8, 4) is 0 Å². The van der Waals surface area contributed by atoms with Crippen molar-refractivity contribution in [3.05, 3.63) is 0 Å². The molecule has 3 amide bonds. The number of amides is 3. The van der Waals surface area contributed by atoms with Crippen molar-refractivity contribution < 1.29 is 18.0 Å². The molecule has 0 aromatic heterocycles. The number of sulfone groups is 1. The van der Waals surface area contributed by atoms with Gasteiger partial charge in [-0.05, 0) is 20.3 Å². The second-order valence-electron chi connectivity index (χ2n) is 4.85. The number of thiocarbonyl (C=S) groups is 1. The van der Waals surface area contributed by atoms with Gasteiger partial charge in [-0.1, -0.05) is 24.0 Å². The highest BCUT2D eigenvalue weighted by atomic mass is 32.2. The molecule has 0 aromatic rings. The highest BCUT2D eigenvalue weighted by Gasteiger charge is 2.29. The molecule has 0 saturated carbocycles. The zero-order valence-electron chi connectivity index (χ0n) is 12.6. The Hall–Kier alpha value is -0.870. The van der Waals surface area contributed by atoms with Crippen LogP contribution in [0, 0.1) is 0 Å². The molecular weight excluding hydrogens is 346 g/mol. The summed E-state index contributed by atoms with van der Waals surface area (Å²) in [5.74, 6) is -0.418. The molecule has 1 atom stereocenters. The summed E-state index contributed by atoms with van der Waals surface area (Å²) in [5, 5.41) is 4.68. The Morgan fingerprint density at radius 1 is 1.32 bits per heavy atom. The third-order valence-corrected chi connectivity index (χ3v) is 6.46. The van der Waals surface area contributed by atoms with E-state index in [2.05, 4.69) is 10.6 Å². The molecule has 2 N–H and O–H groups in total. The highest BCUT2D eigenvalue weighted by Crippen LogP contribution is 2.11. The summed E-state index contributed by atoms with van der Waals surface area (Å²) in [6.45, 7) is 5.47. The largest absolute Gasteiger partial charge is 0.358 e. The molecule has 1 heterocycles. The van der Waals surface area contributed by atoms with E-state index in [0.29, 0.717) is 10.7 Å². The van der Waals surface area contributed by atoms with Gasteiger partial charge < -0.3 is 10.2 Å². The van der Waals surface area contributed by atoms with Gasteiger partial charge in [-0.15, -0.1) is 0 Å². The Kier molecular flexibility index (Phi) is 7.57. The van der Waals surface area contributed by atoms with E-state index in [1.54, 1.807) is 0 Å². The van der Waals surface area contributed by atoms with Crippen LogP contribution in [-0.2, 0) is 14.6 Å². The van der Waals surface area contributed by atoms with Crippen LogP contribution in [0.1, 0.15) is 20.3 Å². The van der Waals surface area contributed by atoms with Crippen LogP contribution in [0.5, 0.6) is 0 Å². The van der Waals surface area contributed by atoms with E-state index in [4.69, 9.17) is 12.2 Å². The van der Waals surface area contributed by atoms with Crippen LogP contribution in [0.3, 0.4) is 0 Å². The summed E-state index contributed by atoms with van der Waals surface area (Å²) in [4.78, 5) is 25.2. The van der Waals surface area contributed by atoms with E-state index in [-0.39, 0.29) is 17.3 Å². The van der Waals surface area contributed by atoms with Gasteiger partial charge in [-0.25, -0.2) is 13.2 Å². The van der Waals surface area contributed by atoms with Crippen molar-refractivity contribution in [1.29, 1.82) is 0 Å². The molecule has 1 rings (SSSR count). The van der Waals surface area contributed by atoms with Crippen molar-refractivity contribution in [2.45, 2.75) is 26.3 Å². The van der Waals surface area contributed by atoms with Crippen molar-refractivity contribution in [1.82, 2.24) is 15.5 Å². The molecule has 1 saturated heterocycles. The van der Waals surface area contributed by atoms with Gasteiger partial charge in [0, 0.05) is 19.1 Å². The first-order chi connectivity index (χ1) is 10.3. The SMILES string of the molecule is CCN(CC)C(=S)SCC(=O)NC(=O)NC1CCS(=O)(=O)C1. The molecule has 126 valence electrons. The minimum absolute atomic E-state index is 0.0473. The number of nitrogens with one attached hydrogen (secondary N) is 2. The predicted molar refractivity (Wildman–Crippen MR) is 91.7 cm³/mol. The molecule has 0 aliphatic carbocycles. The van der Waals surface area contributed by atoms with Crippen LogP contribution in [-0.4, -0.2) is 66.0 Å². The molecule has 10 heteroatoms. The number of carbonyl (C=O) groups is 2. The average molecular weight is 368 g/mol. The van der Waals surface area contributed by atoms with E-state index in [0.717, 1.165) is 13.1 Å². The Bertz CT molecular complexity index is 532. The van der Waals surface area contributed by atoms with Crippen molar-refractivity contribution in [3.63, 3.8) is 0 Å². The third kappa shape index (κ3) is 6.49. The van der Waals surface area contributed by atoms with Gasteiger partial charge in [0.15, 0.2) is 9.84 Å². The number of rotatable bonds is 5. The van der Waals surface area contributed by atoms with E-state index in [1.165, 1.54) is 11.8 Å². The van der Waals surface area contributed by atoms with Crippen molar-refractivity contribution in [2.24, 2.45) is 0 Å². The lowest BCUT2D eigenvalue weighted by molar-refractivity contribution is -0.117. The Labute approximate surface area is 140 Å². The first-order valence-electron chi connectivity index (χ1n) is 6.99. The highest BCUT2D eigenvalue weighted by molar-refractivity contribution is 8.23. The van der Waals surface area contributed by atoms with Gasteiger partial charge >= 0.3 is 6.03 Å². The third-order valence-electron chi connectivity index (χ3n) is 3.17. The second kappa shape index (κ2) is 8.68. The summed E-state index contributed by atoms with van der Waals surface area (Å²) in [7, 11) is -3.06. The summed E-state index contributed by atoms with van der Waals surface area (Å²) in [6, 6.07) is -1.09. The molecule has 0 bridgehead atoms. The molecule has 1 unspecified atom stereocenters. The molecule has 0 radical (unpaired) electrons. The number of thioether (sulfide) groups is 1. The lowest BCUT2D eigenvalue weighted by atomic mass is 10.3. The molecule has 1 aliphatic heterocycles. The fourth-order valence-electron chi connectivity index (χ4n) is 1.99. The van der Waals surface area contributed by atoms with Crippen LogP contribution < -0.4 is 10.6 Å². The van der Waals surface area contributed by atoms with Gasteiger partial charge in [-0.3, -0.25) is 10.1 Å². The van der Waals surface area contributed by atoms with Crippen LogP contribution in [0.4, 0.5) is 4.79 Å². The molecule has 7 nitrogen and oxygen atoms in total. The average Bonchev–Trinajstić information content (AvgIpc) is 2.76. The second-order valence-corrected chi connectivity index (χ2v) is 8.69. The number of hydrogen-bond donors (Lipinski definition) is 2. The summed E-state index contributed by atoms with van der Waals surface area (Å²) in [5.41, 5.74) is 0. The van der Waals surface area contributed by atoms with Gasteiger partial charge in [0.25, 0.3) is 0 Å². The Morgan fingerprint density at radius 3 is 2.45 bits per heavy atom. The van der Waals surface area contributed by atoms with Crippen molar-refractivity contribution in [2.75, 3.05) is 30.3 Å². The van der Waals surface area contributed by atoms with E-state index in [1.807, 2.05) is 18.7 Å². The molecule has 1 aliphatic rings. The predicted octanol–water partition coefficient (Wildman–Crippen LogP) is 0.359. The maximum absolute atomic E-state index is 11.7. The number of urea groups is 1. The zero-order chi connectivity index (χ0) is 16.8. The maximum atomic E-state index is 11.7. The normalized spacial score (nSPS) is 19.5. The van der Waals surface area contributed by atoms with E-state index < -0.39 is 27.8 Å². The van der Waals surface area contributed by atoms with Crippen LogP contribution in [0.2, 0.25) is 0 Å². The van der Waals surface area contributed by atoms with E-state index >= 15 is 0 Å². The van der Waals surface area contributed by atoms with Crippen LogP contribution >= 0.6 is 24.0 Å². The molecular formula is C12H21N3O4S3. The van der Waals surface area contributed by atoms with Gasteiger partial charge in [0.2, 0.25) is 5.91 Å². The summed E-state index contributed by atoms with van der Waals surface area (Å²) < 4.78 is 23.2. The topological polar surface area (TPSA) is 95.6 Å². The first-order valence-corrected chi connectivity index (χ1v) is 10.2. The lowest BCUT2D eigenvalue weighted by Gasteiger charge is -2.20. The monoisotopic (exact) mass is 367 g/mol. The minimum atomic E-state index is -3.06. The first kappa shape index (κ1) is 19.2. The lowest BCUT2D eigenvalue weighted by Crippen LogP contribution is -2.45. The number of nitrogens with zero attached hydrogens (tertiary/aromatic N) is 1. The van der Waals surface area contributed by atoms with Crippen molar-refractivity contribution >= 4 is 50.1 Å². The summed E-state index contributed by atoms with van der Waals surface area (Å²) in [6.07, 6.45) is 0.380. The molecule has 0 spiro atoms. The summed E-state index contributed by atoms with van der Waals surface area (Å²) >= 11 is 6.38. The quantitative estimate of drug-likeness (QED) is 0.677.